The fourth-order valence-corrected chi connectivity index (χ4v) is 1.38. The molecule has 0 amide bonds. The first-order chi connectivity index (χ1) is 11.3. The Morgan fingerprint density at radius 3 is 1.42 bits per heavy atom. The zero-order chi connectivity index (χ0) is 19.3. The molecule has 24 heavy (non-hydrogen) atoms. The van der Waals surface area contributed by atoms with Crippen LogP contribution in [0.25, 0.3) is 5.70 Å². The molecular weight excluding hydrogens is 352 g/mol. The molecule has 0 saturated carbocycles. The van der Waals surface area contributed by atoms with E-state index in [1.54, 1.807) is 0 Å². The normalized spacial score (nSPS) is 10.0. The van der Waals surface area contributed by atoms with Crippen LogP contribution in [0.3, 0.4) is 0 Å². The number of likely N-dealkylation sites (N-methyl/N-ethyl adjacent to an activating group) is 1. The topological polar surface area (TPSA) is 106 Å². The number of hydrazine groups is 1. The molecule has 1 aliphatic rings. The monoisotopic (exact) mass is 364 g/mol. The van der Waals surface area contributed by atoms with Crippen molar-refractivity contribution < 1.29 is 40.6 Å². The third kappa shape index (κ3) is 13.6. The summed E-state index contributed by atoms with van der Waals surface area (Å²) in [5, 5.41) is 4.00. The Morgan fingerprint density at radius 2 is 1.12 bits per heavy atom. The summed E-state index contributed by atoms with van der Waals surface area (Å²) in [5.74, 6) is 0. The van der Waals surface area contributed by atoms with Gasteiger partial charge >= 0.3 is 56.5 Å². The van der Waals surface area contributed by atoms with Crippen LogP contribution in [-0.4, -0.2) is 24.1 Å². The van der Waals surface area contributed by atoms with E-state index in [1.807, 2.05) is 43.4 Å². The quantitative estimate of drug-likeness (QED) is 0.558. The summed E-state index contributed by atoms with van der Waals surface area (Å²) in [4.78, 5) is 0. The van der Waals surface area contributed by atoms with Crippen molar-refractivity contribution in [1.29, 1.82) is 0 Å². The second-order valence-electron chi connectivity index (χ2n) is 3.07. The summed E-state index contributed by atoms with van der Waals surface area (Å²) in [6.45, 7) is 25.6. The number of benzene rings is 1. The zero-order valence-corrected chi connectivity index (χ0v) is 14.1. The molecule has 0 N–H and O–H groups in total. The maximum atomic E-state index is 7.50. The summed E-state index contributed by atoms with van der Waals surface area (Å²) in [6.07, 6.45) is 2.00. The Bertz CT molecular complexity index is 486. The van der Waals surface area contributed by atoms with Crippen LogP contribution in [0.5, 0.6) is 0 Å². The summed E-state index contributed by atoms with van der Waals surface area (Å²) < 4.78 is 37.5. The molecule has 122 valence electrons. The van der Waals surface area contributed by atoms with Crippen molar-refractivity contribution in [2.24, 2.45) is 0 Å². The molecule has 0 unspecified atom stereocenters. The van der Waals surface area contributed by atoms with Crippen molar-refractivity contribution in [3.05, 3.63) is 81.8 Å². The minimum Gasteiger partial charge on any atom is 0 e. The van der Waals surface area contributed by atoms with Gasteiger partial charge in [-0.25, -0.2) is 5.01 Å². The van der Waals surface area contributed by atoms with Gasteiger partial charge in [0.2, 0.25) is 0 Å². The van der Waals surface area contributed by atoms with Crippen LogP contribution in [0, 0.1) is 39.8 Å². The number of hydrogen-bond donors (Lipinski definition) is 0. The van der Waals surface area contributed by atoms with E-state index >= 15 is 0 Å². The van der Waals surface area contributed by atoms with Gasteiger partial charge in [0.15, 0.2) is 0 Å². The molecule has 0 fully saturated rings. The van der Waals surface area contributed by atoms with Crippen LogP contribution in [0.4, 0.5) is 0 Å². The van der Waals surface area contributed by atoms with Crippen LogP contribution < -0.4 is 0 Å². The average molecular weight is 364 g/mol. The van der Waals surface area contributed by atoms with E-state index < -0.39 is 0 Å². The molecule has 1 aliphatic heterocycles. The molecule has 1 aromatic rings. The molecular formula is C16H12CrN2O5. The summed E-state index contributed by atoms with van der Waals surface area (Å²) in [5.41, 5.74) is 2.41. The minimum absolute atomic E-state index is 0. The van der Waals surface area contributed by atoms with Crippen LogP contribution >= 0.6 is 0 Å². The van der Waals surface area contributed by atoms with E-state index in [2.05, 4.69) is 56.9 Å². The second kappa shape index (κ2) is 29.0. The molecule has 2 rings (SSSR count). The molecule has 2 radical (unpaired) electrons. The maximum Gasteiger partial charge on any atom is 0 e. The first-order valence-corrected chi connectivity index (χ1v) is 5.30. The third-order valence-electron chi connectivity index (χ3n) is 2.26. The fraction of sp³-hybridized carbons (Fsp3) is 0.125. The molecule has 1 aromatic carbocycles. The first kappa shape index (κ1) is 33.5. The molecule has 1 heterocycles. The molecule has 0 aliphatic carbocycles. The largest absolute Gasteiger partial charge is 0 e. The summed E-state index contributed by atoms with van der Waals surface area (Å²) in [7, 11) is 4.01. The Hall–Kier alpha value is -2.05. The predicted octanol–water partition coefficient (Wildman–Crippen LogP) is 1.67. The molecule has 8 heteroatoms. The third-order valence-corrected chi connectivity index (χ3v) is 2.26. The van der Waals surface area contributed by atoms with Gasteiger partial charge in [0.25, 0.3) is 0 Å². The van der Waals surface area contributed by atoms with Crippen molar-refractivity contribution in [2.75, 3.05) is 14.1 Å². The van der Waals surface area contributed by atoms with Crippen LogP contribution in [0.15, 0.2) is 36.4 Å². The standard InChI is InChI=1S/C11H12N2.5CO.Cr/c1-12-9-8-11(13(12)2)10-6-4-3-5-7-10;5*1-2;/h3-8H,1-2H3;;;;;;. The van der Waals surface area contributed by atoms with Crippen LogP contribution in [-0.2, 0) is 40.6 Å². The van der Waals surface area contributed by atoms with E-state index in [-0.39, 0.29) is 17.4 Å². The van der Waals surface area contributed by atoms with Crippen molar-refractivity contribution in [3.63, 3.8) is 0 Å². The minimum atomic E-state index is 0. The fourth-order valence-electron chi connectivity index (χ4n) is 1.38. The molecule has 0 spiro atoms. The SMILES string of the molecule is CN1[C]C=C(c2ccccc2)N1C.[C-]#[O+].[C-]#[O+].[C-]#[O+].[C-]#[O+].[C-]#[O+].[Cr]. The van der Waals surface area contributed by atoms with Crippen molar-refractivity contribution >= 4 is 5.70 Å². The number of hydrogen-bond acceptors (Lipinski definition) is 2. The van der Waals surface area contributed by atoms with E-state index in [9.17, 15) is 0 Å². The summed E-state index contributed by atoms with van der Waals surface area (Å²) >= 11 is 0. The molecule has 0 atom stereocenters. The van der Waals surface area contributed by atoms with Crippen molar-refractivity contribution in [3.8, 4) is 0 Å². The Labute approximate surface area is 152 Å². The van der Waals surface area contributed by atoms with Crippen LogP contribution in [0.2, 0.25) is 0 Å². The van der Waals surface area contributed by atoms with Crippen molar-refractivity contribution in [1.82, 2.24) is 10.0 Å². The Balaban J connectivity index is -0.0000000950. The average Bonchev–Trinajstić information content (AvgIpc) is 3.03. The number of nitrogens with zero attached hydrogens (tertiary/aromatic N) is 2. The smallest absolute Gasteiger partial charge is 0 e. The molecule has 7 nitrogen and oxygen atoms in total. The van der Waals surface area contributed by atoms with E-state index in [0.29, 0.717) is 0 Å². The van der Waals surface area contributed by atoms with E-state index in [4.69, 9.17) is 23.3 Å². The van der Waals surface area contributed by atoms with Gasteiger partial charge in [-0.15, -0.1) is 0 Å². The Kier molecular flexibility index (Phi) is 40.6. The van der Waals surface area contributed by atoms with Gasteiger partial charge in [0.05, 0.1) is 5.70 Å². The van der Waals surface area contributed by atoms with Gasteiger partial charge in [-0.2, -0.15) is 0 Å². The maximum absolute atomic E-state index is 7.50. The van der Waals surface area contributed by atoms with Gasteiger partial charge in [-0.3, -0.25) is 0 Å². The number of rotatable bonds is 1. The predicted molar refractivity (Wildman–Crippen MR) is 72.8 cm³/mol. The molecule has 0 bridgehead atoms. The van der Waals surface area contributed by atoms with Crippen molar-refractivity contribution in [2.45, 2.75) is 0 Å². The van der Waals surface area contributed by atoms with Crippen LogP contribution in [0.1, 0.15) is 5.56 Å². The molecule has 0 aromatic heterocycles. The van der Waals surface area contributed by atoms with Gasteiger partial charge in [0, 0.05) is 31.5 Å². The van der Waals surface area contributed by atoms with Gasteiger partial charge in [-0.05, 0) is 11.6 Å². The van der Waals surface area contributed by atoms with Gasteiger partial charge < -0.3 is 5.01 Å². The first-order valence-electron chi connectivity index (χ1n) is 5.30. The van der Waals surface area contributed by atoms with E-state index in [1.165, 1.54) is 11.3 Å². The van der Waals surface area contributed by atoms with Gasteiger partial charge in [0.1, 0.15) is 6.54 Å². The second-order valence-corrected chi connectivity index (χ2v) is 3.07. The van der Waals surface area contributed by atoms with Gasteiger partial charge in [-0.1, -0.05) is 30.3 Å². The van der Waals surface area contributed by atoms with E-state index in [0.717, 1.165) is 0 Å². The zero-order valence-electron chi connectivity index (χ0n) is 12.8. The Morgan fingerprint density at radius 1 is 0.750 bits per heavy atom. The summed E-state index contributed by atoms with van der Waals surface area (Å²) in [6, 6.07) is 10.3. The molecule has 0 saturated heterocycles.